The maximum absolute atomic E-state index is 13.2. The van der Waals surface area contributed by atoms with E-state index in [0.717, 1.165) is 0 Å². The molecule has 31 heavy (non-hydrogen) atoms. The number of anilines is 1. The van der Waals surface area contributed by atoms with Gasteiger partial charge in [-0.15, -0.1) is 0 Å². The van der Waals surface area contributed by atoms with E-state index >= 15 is 0 Å². The lowest BCUT2D eigenvalue weighted by Gasteiger charge is -2.13. The van der Waals surface area contributed by atoms with Crippen molar-refractivity contribution in [3.05, 3.63) is 89.2 Å². The molecule has 0 atom stereocenters. The standard InChI is InChI=1S/C22H18N4O4S/c23-31(29,30)17-12-10-16(11-13-17)24-20(27)14-26-19-9-5-4-8-18(19)25-21(22(26)28)15-6-2-1-3-7-15/h1-13H,14H2,(H,24,27)(H2,23,29,30). The van der Waals surface area contributed by atoms with Crippen molar-refractivity contribution >= 4 is 32.7 Å². The fourth-order valence-corrected chi connectivity index (χ4v) is 3.72. The molecule has 0 saturated heterocycles. The molecule has 0 aliphatic rings. The Morgan fingerprint density at radius 3 is 2.26 bits per heavy atom. The molecule has 0 aliphatic heterocycles. The third kappa shape index (κ3) is 4.37. The summed E-state index contributed by atoms with van der Waals surface area (Å²) < 4.78 is 24.1. The second-order valence-corrected chi connectivity index (χ2v) is 8.39. The summed E-state index contributed by atoms with van der Waals surface area (Å²) in [5.41, 5.74) is 2.03. The van der Waals surface area contributed by atoms with E-state index in [1.54, 1.807) is 30.3 Å². The molecule has 3 aromatic carbocycles. The number of sulfonamides is 1. The molecule has 0 saturated carbocycles. The fourth-order valence-electron chi connectivity index (χ4n) is 3.21. The predicted octanol–water partition coefficient (Wildman–Crippen LogP) is 2.35. The zero-order chi connectivity index (χ0) is 22.0. The lowest BCUT2D eigenvalue weighted by Crippen LogP contribution is -2.29. The SMILES string of the molecule is NS(=O)(=O)c1ccc(NC(=O)Cn2c(=O)c(-c3ccccc3)nc3ccccc32)cc1. The minimum Gasteiger partial charge on any atom is -0.325 e. The number of benzene rings is 3. The Labute approximate surface area is 178 Å². The molecule has 0 aliphatic carbocycles. The number of hydrogen-bond donors (Lipinski definition) is 2. The number of amides is 1. The van der Waals surface area contributed by atoms with Crippen LogP contribution in [-0.2, 0) is 21.4 Å². The normalized spacial score (nSPS) is 11.4. The first-order valence-electron chi connectivity index (χ1n) is 9.31. The van der Waals surface area contributed by atoms with Crippen molar-refractivity contribution in [2.75, 3.05) is 5.32 Å². The van der Waals surface area contributed by atoms with Gasteiger partial charge in [0.15, 0.2) is 0 Å². The number of aromatic nitrogens is 2. The highest BCUT2D eigenvalue weighted by molar-refractivity contribution is 7.89. The summed E-state index contributed by atoms with van der Waals surface area (Å²) in [4.78, 5) is 30.3. The van der Waals surface area contributed by atoms with Crippen molar-refractivity contribution in [3.63, 3.8) is 0 Å². The summed E-state index contributed by atoms with van der Waals surface area (Å²) in [7, 11) is -3.82. The number of primary sulfonamides is 1. The van der Waals surface area contributed by atoms with Gasteiger partial charge in [-0.1, -0.05) is 42.5 Å². The molecule has 0 radical (unpaired) electrons. The molecular formula is C22H18N4O4S. The van der Waals surface area contributed by atoms with Crippen LogP contribution in [0.5, 0.6) is 0 Å². The molecule has 0 fully saturated rings. The minimum absolute atomic E-state index is 0.0608. The quantitative estimate of drug-likeness (QED) is 0.499. The molecule has 9 heteroatoms. The molecule has 3 N–H and O–H groups in total. The lowest BCUT2D eigenvalue weighted by molar-refractivity contribution is -0.116. The number of carbonyl (C=O) groups is 1. The minimum atomic E-state index is -3.82. The van der Waals surface area contributed by atoms with Gasteiger partial charge in [-0.25, -0.2) is 18.5 Å². The highest BCUT2D eigenvalue weighted by Gasteiger charge is 2.15. The van der Waals surface area contributed by atoms with E-state index in [-0.39, 0.29) is 22.7 Å². The molecule has 1 aromatic heterocycles. The maximum atomic E-state index is 13.2. The molecule has 156 valence electrons. The van der Waals surface area contributed by atoms with Crippen LogP contribution in [0, 0.1) is 0 Å². The fraction of sp³-hybridized carbons (Fsp3) is 0.0455. The summed E-state index contributed by atoms with van der Waals surface area (Å²) in [5.74, 6) is -0.444. The lowest BCUT2D eigenvalue weighted by atomic mass is 10.1. The highest BCUT2D eigenvalue weighted by Crippen LogP contribution is 2.18. The number of hydrogen-bond acceptors (Lipinski definition) is 5. The van der Waals surface area contributed by atoms with Crippen molar-refractivity contribution in [2.24, 2.45) is 5.14 Å². The van der Waals surface area contributed by atoms with Crippen molar-refractivity contribution in [2.45, 2.75) is 11.4 Å². The van der Waals surface area contributed by atoms with Gasteiger partial charge in [-0.2, -0.15) is 0 Å². The Hall–Kier alpha value is -3.82. The van der Waals surface area contributed by atoms with Crippen LogP contribution in [0.1, 0.15) is 0 Å². The van der Waals surface area contributed by atoms with Crippen molar-refractivity contribution in [3.8, 4) is 11.3 Å². The van der Waals surface area contributed by atoms with Crippen LogP contribution in [0.3, 0.4) is 0 Å². The molecule has 8 nitrogen and oxygen atoms in total. The van der Waals surface area contributed by atoms with Crippen molar-refractivity contribution in [1.29, 1.82) is 0 Å². The van der Waals surface area contributed by atoms with Gasteiger partial charge >= 0.3 is 0 Å². The maximum Gasteiger partial charge on any atom is 0.278 e. The first kappa shape index (κ1) is 20.5. The van der Waals surface area contributed by atoms with E-state index in [4.69, 9.17) is 5.14 Å². The number of para-hydroxylation sites is 2. The monoisotopic (exact) mass is 434 g/mol. The van der Waals surface area contributed by atoms with Gasteiger partial charge in [0.25, 0.3) is 5.56 Å². The van der Waals surface area contributed by atoms with Crippen LogP contribution in [0.25, 0.3) is 22.3 Å². The summed E-state index contributed by atoms with van der Waals surface area (Å²) in [6, 6.07) is 21.6. The average molecular weight is 434 g/mol. The van der Waals surface area contributed by atoms with E-state index in [2.05, 4.69) is 10.3 Å². The first-order valence-corrected chi connectivity index (χ1v) is 10.9. The Morgan fingerprint density at radius 2 is 1.58 bits per heavy atom. The zero-order valence-corrected chi connectivity index (χ0v) is 17.0. The topological polar surface area (TPSA) is 124 Å². The van der Waals surface area contributed by atoms with Crippen LogP contribution in [-0.4, -0.2) is 23.9 Å². The van der Waals surface area contributed by atoms with Gasteiger partial charge in [0, 0.05) is 11.3 Å². The largest absolute Gasteiger partial charge is 0.325 e. The van der Waals surface area contributed by atoms with Gasteiger partial charge in [0.2, 0.25) is 15.9 Å². The Balaban J connectivity index is 1.68. The van der Waals surface area contributed by atoms with E-state index in [9.17, 15) is 18.0 Å². The molecule has 0 unspecified atom stereocenters. The number of nitrogens with one attached hydrogen (secondary N) is 1. The van der Waals surface area contributed by atoms with Crippen LogP contribution in [0.4, 0.5) is 5.69 Å². The van der Waals surface area contributed by atoms with Gasteiger partial charge in [-0.05, 0) is 36.4 Å². The van der Waals surface area contributed by atoms with Crippen LogP contribution >= 0.6 is 0 Å². The third-order valence-corrected chi connectivity index (χ3v) is 5.60. The summed E-state index contributed by atoms with van der Waals surface area (Å²) >= 11 is 0. The van der Waals surface area contributed by atoms with Gasteiger partial charge in [-0.3, -0.25) is 14.2 Å². The highest BCUT2D eigenvalue weighted by atomic mass is 32.2. The van der Waals surface area contributed by atoms with Crippen molar-refractivity contribution < 1.29 is 13.2 Å². The molecule has 1 amide bonds. The van der Waals surface area contributed by atoms with Gasteiger partial charge < -0.3 is 5.32 Å². The Kier molecular flexibility index (Phi) is 5.37. The molecule has 0 bridgehead atoms. The van der Waals surface area contributed by atoms with Crippen LogP contribution in [0.15, 0.2) is 88.6 Å². The second-order valence-electron chi connectivity index (χ2n) is 6.82. The summed E-state index contributed by atoms with van der Waals surface area (Å²) in [6.45, 7) is -0.237. The van der Waals surface area contributed by atoms with E-state index < -0.39 is 15.9 Å². The number of fused-ring (bicyclic) bond motifs is 1. The van der Waals surface area contributed by atoms with Crippen LogP contribution < -0.4 is 16.0 Å². The van der Waals surface area contributed by atoms with Gasteiger partial charge in [0.05, 0.1) is 15.9 Å². The molecular weight excluding hydrogens is 416 g/mol. The molecule has 0 spiro atoms. The average Bonchev–Trinajstić information content (AvgIpc) is 2.76. The summed E-state index contributed by atoms with van der Waals surface area (Å²) in [5, 5.41) is 7.75. The number of carbonyl (C=O) groups excluding carboxylic acids is 1. The second kappa shape index (κ2) is 8.13. The van der Waals surface area contributed by atoms with E-state index in [0.29, 0.717) is 22.3 Å². The number of rotatable bonds is 5. The molecule has 1 heterocycles. The number of nitrogens with two attached hydrogens (primary N) is 1. The van der Waals surface area contributed by atoms with Gasteiger partial charge in [0.1, 0.15) is 12.2 Å². The zero-order valence-electron chi connectivity index (χ0n) is 16.2. The van der Waals surface area contributed by atoms with Crippen molar-refractivity contribution in [1.82, 2.24) is 9.55 Å². The molecule has 4 aromatic rings. The van der Waals surface area contributed by atoms with E-state index in [1.807, 2.05) is 24.3 Å². The van der Waals surface area contributed by atoms with Crippen LogP contribution in [0.2, 0.25) is 0 Å². The summed E-state index contributed by atoms with van der Waals surface area (Å²) in [6.07, 6.45) is 0. The number of nitrogens with zero attached hydrogens (tertiary/aromatic N) is 2. The molecule has 4 rings (SSSR count). The first-order chi connectivity index (χ1) is 14.8. The predicted molar refractivity (Wildman–Crippen MR) is 118 cm³/mol. The van der Waals surface area contributed by atoms with E-state index in [1.165, 1.54) is 28.8 Å². The third-order valence-electron chi connectivity index (χ3n) is 4.67. The Bertz CT molecular complexity index is 1430. The smallest absolute Gasteiger partial charge is 0.278 e. The Morgan fingerprint density at radius 1 is 0.935 bits per heavy atom.